The molecule has 0 aromatic rings. The van der Waals surface area contributed by atoms with Crippen molar-refractivity contribution in [1.29, 1.82) is 0 Å². The van der Waals surface area contributed by atoms with Crippen LogP contribution in [0.1, 0.15) is 80.6 Å². The summed E-state index contributed by atoms with van der Waals surface area (Å²) in [5, 5.41) is 49.5. The number of aliphatic hydroxyl groups is 2. The second-order valence-corrected chi connectivity index (χ2v) is 17.0. The number of aliphatic imine (C=N–C) groups is 1. The number of rotatable bonds is 31. The van der Waals surface area contributed by atoms with Crippen LogP contribution in [0.25, 0.3) is 0 Å². The Kier molecular flexibility index (Phi) is 28.2. The zero-order chi connectivity index (χ0) is 49.3. The first kappa shape index (κ1) is 58.7. The zero-order valence-electron chi connectivity index (χ0n) is 38.0. The Bertz CT molecular complexity index is 1600. The Labute approximate surface area is 378 Å². The molecular weight excluding hydrogens is 861 g/mol. The number of nitrogens with zero attached hydrogens (tertiary/aromatic N) is 1. The smallest absolute Gasteiger partial charge is 0.326 e. The predicted octanol–water partition coefficient (Wildman–Crippen LogP) is -4.53. The fourth-order valence-corrected chi connectivity index (χ4v) is 6.30. The highest BCUT2D eigenvalue weighted by Gasteiger charge is 2.36. The third-order valence-corrected chi connectivity index (χ3v) is 10.4. The molecule has 8 amide bonds. The van der Waals surface area contributed by atoms with Crippen molar-refractivity contribution in [2.75, 3.05) is 38.3 Å². The van der Waals surface area contributed by atoms with Gasteiger partial charge in [0.2, 0.25) is 47.3 Å². The molecular formula is C39H72N12O12S. The summed E-state index contributed by atoms with van der Waals surface area (Å²) in [6, 6.07) is -10.8. The number of nitrogens with one attached hydrogen (secondary N) is 8. The van der Waals surface area contributed by atoms with Crippen molar-refractivity contribution in [3.8, 4) is 0 Å². The van der Waals surface area contributed by atoms with Gasteiger partial charge in [-0.3, -0.25) is 43.3 Å². The molecule has 17 N–H and O–H groups in total. The number of hydrogen-bond acceptors (Lipinski definition) is 14. The van der Waals surface area contributed by atoms with Crippen LogP contribution < -0.4 is 59.7 Å². The van der Waals surface area contributed by atoms with Gasteiger partial charge in [-0.15, -0.1) is 0 Å². The fraction of sp³-hybridized carbons (Fsp3) is 0.744. The van der Waals surface area contributed by atoms with Crippen LogP contribution in [0.2, 0.25) is 0 Å². The number of carbonyl (C=O) groups excluding carboxylic acids is 8. The van der Waals surface area contributed by atoms with Crippen molar-refractivity contribution in [1.82, 2.24) is 42.5 Å². The van der Waals surface area contributed by atoms with E-state index >= 15 is 0 Å². The minimum Gasteiger partial charge on any atom is -0.480 e. The van der Waals surface area contributed by atoms with Crippen LogP contribution in [-0.4, -0.2) is 161 Å². The molecule has 0 rings (SSSR count). The number of carboxylic acid groups (broad SMARTS) is 1. The van der Waals surface area contributed by atoms with Crippen molar-refractivity contribution in [2.24, 2.45) is 39.9 Å². The lowest BCUT2D eigenvalue weighted by molar-refractivity contribution is -0.143. The van der Waals surface area contributed by atoms with Gasteiger partial charge in [-0.2, -0.15) is 11.8 Å². The number of carbonyl (C=O) groups is 9. The molecule has 0 aliphatic heterocycles. The van der Waals surface area contributed by atoms with E-state index in [1.165, 1.54) is 18.7 Å². The first-order valence-electron chi connectivity index (χ1n) is 21.1. The monoisotopic (exact) mass is 933 g/mol. The molecule has 0 fully saturated rings. The number of nitrogens with two attached hydrogens (primary N) is 3. The van der Waals surface area contributed by atoms with E-state index in [-0.39, 0.29) is 50.7 Å². The van der Waals surface area contributed by atoms with Crippen LogP contribution in [-0.2, 0) is 43.2 Å². The number of carboxylic acids is 1. The minimum atomic E-state index is -1.65. The summed E-state index contributed by atoms with van der Waals surface area (Å²) >= 11 is 1.43. The van der Waals surface area contributed by atoms with Crippen LogP contribution in [0.15, 0.2) is 4.99 Å². The number of thioether (sulfide) groups is 1. The van der Waals surface area contributed by atoms with E-state index in [0.717, 1.165) is 0 Å². The number of aliphatic hydroxyl groups excluding tert-OH is 2. The van der Waals surface area contributed by atoms with E-state index in [4.69, 9.17) is 17.2 Å². The summed E-state index contributed by atoms with van der Waals surface area (Å²) < 4.78 is 0. The second kappa shape index (κ2) is 30.8. The quantitative estimate of drug-likeness (QED) is 0.0177. The lowest BCUT2D eigenvalue weighted by Crippen LogP contribution is -2.62. The van der Waals surface area contributed by atoms with Crippen molar-refractivity contribution in [3.05, 3.63) is 0 Å². The maximum Gasteiger partial charge on any atom is 0.326 e. The fourth-order valence-electron chi connectivity index (χ4n) is 5.83. The molecule has 9 atom stereocenters. The topological polar surface area (TPSA) is 401 Å². The Balaban J connectivity index is 6.08. The summed E-state index contributed by atoms with van der Waals surface area (Å²) in [5.74, 6) is -9.00. The number of aliphatic carboxylic acids is 1. The normalized spacial score (nSPS) is 15.3. The average Bonchev–Trinajstić information content (AvgIpc) is 3.23. The van der Waals surface area contributed by atoms with E-state index in [9.17, 15) is 58.5 Å². The summed E-state index contributed by atoms with van der Waals surface area (Å²) in [6.45, 7) is 9.23. The van der Waals surface area contributed by atoms with E-state index < -0.39 is 127 Å². The lowest BCUT2D eigenvalue weighted by Gasteiger charge is -2.30. The third kappa shape index (κ3) is 21.9. The maximum atomic E-state index is 13.8. The molecule has 0 spiro atoms. The highest BCUT2D eigenvalue weighted by Crippen LogP contribution is 2.12. The average molecular weight is 933 g/mol. The van der Waals surface area contributed by atoms with Gasteiger partial charge in [-0.25, -0.2) is 4.79 Å². The van der Waals surface area contributed by atoms with Gasteiger partial charge in [0, 0.05) is 6.54 Å². The van der Waals surface area contributed by atoms with Crippen molar-refractivity contribution >= 4 is 70.9 Å². The van der Waals surface area contributed by atoms with E-state index in [1.54, 1.807) is 41.5 Å². The van der Waals surface area contributed by atoms with Gasteiger partial charge in [-0.05, 0) is 62.4 Å². The lowest BCUT2D eigenvalue weighted by atomic mass is 9.96. The molecule has 0 aliphatic carbocycles. The minimum absolute atomic E-state index is 0.0614. The molecule has 25 heteroatoms. The van der Waals surface area contributed by atoms with E-state index in [0.29, 0.717) is 12.2 Å². The molecule has 0 saturated carbocycles. The van der Waals surface area contributed by atoms with Gasteiger partial charge in [0.15, 0.2) is 5.96 Å². The number of hydrogen-bond donors (Lipinski definition) is 14. The first-order valence-corrected chi connectivity index (χ1v) is 22.5. The van der Waals surface area contributed by atoms with Crippen molar-refractivity contribution in [2.45, 2.75) is 129 Å². The summed E-state index contributed by atoms with van der Waals surface area (Å²) in [7, 11) is 0. The zero-order valence-corrected chi connectivity index (χ0v) is 38.8. The van der Waals surface area contributed by atoms with Crippen molar-refractivity contribution in [3.63, 3.8) is 0 Å². The summed E-state index contributed by atoms with van der Waals surface area (Å²) in [6.07, 6.45) is 2.58. The van der Waals surface area contributed by atoms with Crippen LogP contribution in [0.4, 0.5) is 0 Å². The molecule has 24 nitrogen and oxygen atoms in total. The first-order chi connectivity index (χ1) is 30.0. The summed E-state index contributed by atoms with van der Waals surface area (Å²) in [4.78, 5) is 121. The largest absolute Gasteiger partial charge is 0.480 e. The van der Waals surface area contributed by atoms with Gasteiger partial charge in [0.1, 0.15) is 48.3 Å². The molecule has 0 aromatic heterocycles. The highest BCUT2D eigenvalue weighted by atomic mass is 32.2. The Morgan fingerprint density at radius 1 is 0.609 bits per heavy atom. The van der Waals surface area contributed by atoms with Crippen molar-refractivity contribution < 1.29 is 58.5 Å². The Hall–Kier alpha value is -5.27. The molecule has 0 aliphatic rings. The van der Waals surface area contributed by atoms with Gasteiger partial charge in [0.25, 0.3) is 0 Å². The molecule has 0 bridgehead atoms. The maximum absolute atomic E-state index is 13.8. The summed E-state index contributed by atoms with van der Waals surface area (Å²) in [5.41, 5.74) is 16.1. The Morgan fingerprint density at radius 2 is 1.08 bits per heavy atom. The van der Waals surface area contributed by atoms with Gasteiger partial charge in [0.05, 0.1) is 19.8 Å². The molecule has 0 aromatic carbocycles. The molecule has 0 heterocycles. The number of guanidine groups is 1. The van der Waals surface area contributed by atoms with E-state index in [2.05, 4.69) is 47.5 Å². The standard InChI is InChI=1S/C39H72N12O12S/c1-9-21(6)30(37(61)49-26(17-52)34(58)46-23(11-10-13-43-39(41)42)33(57)47-25(38(62)63)15-19(2)3)51-36(60)29(20(4)5)50-35(59)27(18-53)48-31(55)22(7)44-32(56)24(12-14-64-8)45-28(54)16-40/h19-27,29-30,52-53H,9-18,40H2,1-8H3,(H,44,56)(H,45,54)(H,46,58)(H,47,57)(H,48,55)(H,49,61)(H,50,59)(H,51,60)(H,62,63)(H4,41,42,43)/t21-,22-,23-,24-,25-,26-,27-,29-,30-/m0/s1. The number of amides is 8. The van der Waals surface area contributed by atoms with Gasteiger partial charge < -0.3 is 75.1 Å². The molecule has 0 radical (unpaired) electrons. The van der Waals surface area contributed by atoms with Crippen LogP contribution in [0.5, 0.6) is 0 Å². The van der Waals surface area contributed by atoms with Gasteiger partial charge in [-0.1, -0.05) is 48.0 Å². The van der Waals surface area contributed by atoms with Crippen LogP contribution in [0.3, 0.4) is 0 Å². The molecule has 366 valence electrons. The highest BCUT2D eigenvalue weighted by molar-refractivity contribution is 7.98. The SMILES string of the molecule is CC[C@H](C)[C@H](NC(=O)[C@@H](NC(=O)[C@H](CO)NC(=O)[C@H](C)NC(=O)[C@H](CCSC)NC(=O)CN)C(C)C)C(=O)N[C@@H](CO)C(=O)N[C@@H](CCCN=C(N)N)C(=O)N[C@@H](CC(C)C)C(=O)O. The van der Waals surface area contributed by atoms with Crippen LogP contribution in [0, 0.1) is 17.8 Å². The molecule has 0 saturated heterocycles. The molecule has 64 heavy (non-hydrogen) atoms. The predicted molar refractivity (Wildman–Crippen MR) is 239 cm³/mol. The third-order valence-electron chi connectivity index (χ3n) is 9.77. The Morgan fingerprint density at radius 3 is 1.56 bits per heavy atom. The molecule has 0 unspecified atom stereocenters. The van der Waals surface area contributed by atoms with Crippen LogP contribution >= 0.6 is 11.8 Å². The van der Waals surface area contributed by atoms with Gasteiger partial charge >= 0.3 is 5.97 Å². The second-order valence-electron chi connectivity index (χ2n) is 16.0. The van der Waals surface area contributed by atoms with E-state index in [1.807, 2.05) is 6.26 Å².